The smallest absolute Gasteiger partial charge is 0.134 e. The highest BCUT2D eigenvalue weighted by Gasteiger charge is 2.44. The Labute approximate surface area is 111 Å². The van der Waals surface area contributed by atoms with E-state index in [0.29, 0.717) is 5.02 Å². The van der Waals surface area contributed by atoms with E-state index >= 15 is 0 Å². The van der Waals surface area contributed by atoms with Crippen LogP contribution in [0.4, 0.5) is 0 Å². The number of rotatable bonds is 3. The second-order valence-corrected chi connectivity index (χ2v) is 5.37. The Balaban J connectivity index is 1.98. The van der Waals surface area contributed by atoms with Gasteiger partial charge in [-0.15, -0.1) is 0 Å². The zero-order valence-electron chi connectivity index (χ0n) is 10.3. The fourth-order valence-electron chi connectivity index (χ4n) is 2.61. The van der Waals surface area contributed by atoms with Crippen LogP contribution in [0.25, 0.3) is 11.0 Å². The fraction of sp³-hybridized carbons (Fsp3) is 0.429. The number of fused-ring (bicyclic) bond motifs is 1. The quantitative estimate of drug-likeness (QED) is 0.921. The standard InChI is InChI=1S/C14H16ClNO2/c1-17-14(5-2-6-14)13(16)12-8-9-7-10(15)3-4-11(9)18-12/h3-4,7-8,13H,2,5-6,16H2,1H3. The summed E-state index contributed by atoms with van der Waals surface area (Å²) < 4.78 is 11.4. The van der Waals surface area contributed by atoms with Gasteiger partial charge < -0.3 is 14.9 Å². The highest BCUT2D eigenvalue weighted by atomic mass is 35.5. The van der Waals surface area contributed by atoms with Crippen LogP contribution in [-0.2, 0) is 4.74 Å². The number of hydrogen-bond acceptors (Lipinski definition) is 3. The lowest BCUT2D eigenvalue weighted by Crippen LogP contribution is -2.48. The first-order valence-electron chi connectivity index (χ1n) is 6.14. The van der Waals surface area contributed by atoms with Gasteiger partial charge in [-0.1, -0.05) is 11.6 Å². The Morgan fingerprint density at radius 3 is 2.78 bits per heavy atom. The third-order valence-corrected chi connectivity index (χ3v) is 4.21. The van der Waals surface area contributed by atoms with Crippen molar-refractivity contribution in [2.75, 3.05) is 7.11 Å². The molecular formula is C14H16ClNO2. The second kappa shape index (κ2) is 4.26. The number of benzene rings is 1. The molecule has 0 bridgehead atoms. The molecule has 1 aromatic heterocycles. The number of hydrogen-bond donors (Lipinski definition) is 1. The highest BCUT2D eigenvalue weighted by Crippen LogP contribution is 2.44. The maximum atomic E-state index is 6.30. The summed E-state index contributed by atoms with van der Waals surface area (Å²) in [6, 6.07) is 7.32. The minimum Gasteiger partial charge on any atom is -0.459 e. The van der Waals surface area contributed by atoms with E-state index < -0.39 is 0 Å². The summed E-state index contributed by atoms with van der Waals surface area (Å²) >= 11 is 5.97. The molecule has 0 radical (unpaired) electrons. The van der Waals surface area contributed by atoms with Crippen LogP contribution in [-0.4, -0.2) is 12.7 Å². The van der Waals surface area contributed by atoms with Gasteiger partial charge in [0.05, 0.1) is 11.6 Å². The van der Waals surface area contributed by atoms with E-state index in [1.54, 1.807) is 7.11 Å². The van der Waals surface area contributed by atoms with E-state index in [4.69, 9.17) is 26.5 Å². The molecule has 2 N–H and O–H groups in total. The Kier molecular flexibility index (Phi) is 2.85. The van der Waals surface area contributed by atoms with Gasteiger partial charge in [-0.05, 0) is 43.5 Å². The lowest BCUT2D eigenvalue weighted by atomic mass is 9.74. The second-order valence-electron chi connectivity index (χ2n) is 4.93. The number of ether oxygens (including phenoxy) is 1. The minimum absolute atomic E-state index is 0.220. The summed E-state index contributed by atoms with van der Waals surface area (Å²) in [6.07, 6.45) is 3.14. The average molecular weight is 266 g/mol. The molecule has 0 amide bonds. The molecule has 1 aliphatic carbocycles. The van der Waals surface area contributed by atoms with Crippen LogP contribution >= 0.6 is 11.6 Å². The molecule has 96 valence electrons. The lowest BCUT2D eigenvalue weighted by Gasteiger charge is -2.44. The van der Waals surface area contributed by atoms with Crippen molar-refractivity contribution in [3.8, 4) is 0 Å². The molecule has 4 heteroatoms. The predicted molar refractivity (Wildman–Crippen MR) is 71.7 cm³/mol. The van der Waals surface area contributed by atoms with Crippen molar-refractivity contribution in [1.82, 2.24) is 0 Å². The molecule has 1 aliphatic rings. The molecule has 1 heterocycles. The van der Waals surface area contributed by atoms with Gasteiger partial charge >= 0.3 is 0 Å². The summed E-state index contributed by atoms with van der Waals surface area (Å²) in [7, 11) is 1.72. The monoisotopic (exact) mass is 265 g/mol. The molecule has 3 rings (SSSR count). The number of methoxy groups -OCH3 is 1. The topological polar surface area (TPSA) is 48.4 Å². The number of furan rings is 1. The molecule has 1 atom stereocenters. The van der Waals surface area contributed by atoms with Gasteiger partial charge in [0.25, 0.3) is 0 Å². The van der Waals surface area contributed by atoms with Crippen LogP contribution in [0, 0.1) is 0 Å². The average Bonchev–Trinajstić information content (AvgIpc) is 2.70. The highest BCUT2D eigenvalue weighted by molar-refractivity contribution is 6.31. The van der Waals surface area contributed by atoms with E-state index in [1.165, 1.54) is 0 Å². The van der Waals surface area contributed by atoms with Gasteiger partial charge in [0.15, 0.2) is 0 Å². The maximum Gasteiger partial charge on any atom is 0.134 e. The van der Waals surface area contributed by atoms with Crippen molar-refractivity contribution in [3.63, 3.8) is 0 Å². The van der Waals surface area contributed by atoms with E-state index in [1.807, 2.05) is 24.3 Å². The maximum absolute atomic E-state index is 6.30. The summed E-state index contributed by atoms with van der Waals surface area (Å²) in [4.78, 5) is 0. The first-order chi connectivity index (χ1) is 8.64. The number of halogens is 1. The van der Waals surface area contributed by atoms with Crippen molar-refractivity contribution < 1.29 is 9.15 Å². The van der Waals surface area contributed by atoms with Crippen LogP contribution in [0.1, 0.15) is 31.1 Å². The molecular weight excluding hydrogens is 250 g/mol. The van der Waals surface area contributed by atoms with Crippen LogP contribution < -0.4 is 5.73 Å². The molecule has 1 aromatic carbocycles. The Hall–Kier alpha value is -1.03. The molecule has 0 spiro atoms. The molecule has 1 saturated carbocycles. The fourth-order valence-corrected chi connectivity index (χ4v) is 2.80. The largest absolute Gasteiger partial charge is 0.459 e. The Morgan fingerprint density at radius 2 is 2.17 bits per heavy atom. The van der Waals surface area contributed by atoms with Gasteiger partial charge in [-0.2, -0.15) is 0 Å². The first-order valence-corrected chi connectivity index (χ1v) is 6.52. The SMILES string of the molecule is COC1(C(N)c2cc3cc(Cl)ccc3o2)CCC1. The van der Waals surface area contributed by atoms with Crippen LogP contribution in [0.15, 0.2) is 28.7 Å². The molecule has 0 saturated heterocycles. The summed E-state index contributed by atoms with van der Waals surface area (Å²) in [5.41, 5.74) is 6.86. The molecule has 2 aromatic rings. The van der Waals surface area contributed by atoms with Crippen LogP contribution in [0.3, 0.4) is 0 Å². The third kappa shape index (κ3) is 1.74. The molecule has 3 nitrogen and oxygen atoms in total. The molecule has 0 aliphatic heterocycles. The van der Waals surface area contributed by atoms with E-state index in [-0.39, 0.29) is 11.6 Å². The van der Waals surface area contributed by atoms with Crippen molar-refractivity contribution in [2.45, 2.75) is 30.9 Å². The molecule has 1 fully saturated rings. The minimum atomic E-state index is -0.252. The van der Waals surface area contributed by atoms with Crippen molar-refractivity contribution in [1.29, 1.82) is 0 Å². The Bertz CT molecular complexity index is 569. The zero-order chi connectivity index (χ0) is 12.8. The van der Waals surface area contributed by atoms with Gasteiger partial charge in [0, 0.05) is 17.5 Å². The van der Waals surface area contributed by atoms with Gasteiger partial charge in [-0.25, -0.2) is 0 Å². The van der Waals surface area contributed by atoms with Crippen LogP contribution in [0.5, 0.6) is 0 Å². The first kappa shape index (κ1) is 12.0. The normalized spacial score (nSPS) is 19.7. The van der Waals surface area contributed by atoms with E-state index in [0.717, 1.165) is 36.0 Å². The summed E-state index contributed by atoms with van der Waals surface area (Å²) in [5.74, 6) is 0.772. The van der Waals surface area contributed by atoms with Gasteiger partial charge in [-0.3, -0.25) is 0 Å². The van der Waals surface area contributed by atoms with Crippen molar-refractivity contribution in [3.05, 3.63) is 35.0 Å². The van der Waals surface area contributed by atoms with E-state index in [2.05, 4.69) is 0 Å². The lowest BCUT2D eigenvalue weighted by molar-refractivity contribution is -0.0947. The van der Waals surface area contributed by atoms with Crippen molar-refractivity contribution >= 4 is 22.6 Å². The van der Waals surface area contributed by atoms with Gasteiger partial charge in [0.1, 0.15) is 11.3 Å². The van der Waals surface area contributed by atoms with Crippen molar-refractivity contribution in [2.24, 2.45) is 5.73 Å². The van der Waals surface area contributed by atoms with Crippen LogP contribution in [0.2, 0.25) is 5.02 Å². The molecule has 18 heavy (non-hydrogen) atoms. The van der Waals surface area contributed by atoms with Gasteiger partial charge in [0.2, 0.25) is 0 Å². The summed E-state index contributed by atoms with van der Waals surface area (Å²) in [5, 5.41) is 1.69. The molecule has 1 unspecified atom stereocenters. The number of nitrogens with two attached hydrogens (primary N) is 1. The summed E-state index contributed by atoms with van der Waals surface area (Å²) in [6.45, 7) is 0. The van der Waals surface area contributed by atoms with E-state index in [9.17, 15) is 0 Å². The predicted octanol–water partition coefficient (Wildman–Crippen LogP) is 3.66. The third-order valence-electron chi connectivity index (χ3n) is 3.98. The zero-order valence-corrected chi connectivity index (χ0v) is 11.0. The Morgan fingerprint density at radius 1 is 1.39 bits per heavy atom.